The maximum Gasteiger partial charge on any atom is 0.245 e. The zero-order chi connectivity index (χ0) is 13.6. The lowest BCUT2D eigenvalue weighted by Crippen LogP contribution is -2.62. The molecular formula is C12H18N2O3S. The van der Waals surface area contributed by atoms with Crippen molar-refractivity contribution in [3.8, 4) is 0 Å². The second kappa shape index (κ2) is 4.22. The largest absolute Gasteiger partial charge is 0.398 e. The smallest absolute Gasteiger partial charge is 0.245 e. The Kier molecular flexibility index (Phi) is 3.12. The normalized spacial score (nSPS) is 19.5. The number of anilines is 1. The second-order valence-electron chi connectivity index (χ2n) is 4.89. The molecule has 3 N–H and O–H groups in total. The van der Waals surface area contributed by atoms with E-state index in [4.69, 9.17) is 5.73 Å². The molecular weight excluding hydrogens is 252 g/mol. The summed E-state index contributed by atoms with van der Waals surface area (Å²) in [6.45, 7) is 3.97. The van der Waals surface area contributed by atoms with E-state index in [9.17, 15) is 13.5 Å². The molecule has 1 saturated heterocycles. The van der Waals surface area contributed by atoms with Crippen molar-refractivity contribution in [2.75, 3.05) is 18.8 Å². The maximum absolute atomic E-state index is 12.3. The van der Waals surface area contributed by atoms with Gasteiger partial charge in [-0.3, -0.25) is 0 Å². The minimum Gasteiger partial charge on any atom is -0.398 e. The number of hydrogen-bond donors (Lipinski definition) is 2. The SMILES string of the molecule is CCC1(O)CN(S(=O)(=O)c2ccc(C)cc2N)C1. The number of nitrogen functional groups attached to an aromatic ring is 1. The van der Waals surface area contributed by atoms with Crippen LogP contribution in [0.15, 0.2) is 23.1 Å². The van der Waals surface area contributed by atoms with Gasteiger partial charge in [-0.05, 0) is 31.0 Å². The molecule has 1 fully saturated rings. The lowest BCUT2D eigenvalue weighted by molar-refractivity contribution is -0.0613. The van der Waals surface area contributed by atoms with Gasteiger partial charge >= 0.3 is 0 Å². The summed E-state index contributed by atoms with van der Waals surface area (Å²) in [5.41, 5.74) is 6.04. The third-order valence-corrected chi connectivity index (χ3v) is 5.25. The molecule has 1 aliphatic heterocycles. The van der Waals surface area contributed by atoms with Crippen LogP contribution in [0.5, 0.6) is 0 Å². The number of aliphatic hydroxyl groups is 1. The molecule has 0 saturated carbocycles. The molecule has 0 radical (unpaired) electrons. The van der Waals surface area contributed by atoms with Gasteiger partial charge in [0.15, 0.2) is 0 Å². The predicted octanol–water partition coefficient (Wildman–Crippen LogP) is 0.723. The molecule has 0 spiro atoms. The fourth-order valence-electron chi connectivity index (χ4n) is 2.05. The Hall–Kier alpha value is -1.11. The van der Waals surface area contributed by atoms with Gasteiger partial charge in [-0.25, -0.2) is 8.42 Å². The van der Waals surface area contributed by atoms with Gasteiger partial charge in [-0.1, -0.05) is 13.0 Å². The highest BCUT2D eigenvalue weighted by Gasteiger charge is 2.46. The topological polar surface area (TPSA) is 83.6 Å². The van der Waals surface area contributed by atoms with Crippen LogP contribution in [0.4, 0.5) is 5.69 Å². The summed E-state index contributed by atoms with van der Waals surface area (Å²) in [6, 6.07) is 4.87. The Balaban J connectivity index is 2.28. The predicted molar refractivity (Wildman–Crippen MR) is 69.6 cm³/mol. The van der Waals surface area contributed by atoms with E-state index in [1.807, 2.05) is 13.8 Å². The van der Waals surface area contributed by atoms with E-state index in [1.165, 1.54) is 10.4 Å². The molecule has 1 heterocycles. The summed E-state index contributed by atoms with van der Waals surface area (Å²) in [5, 5.41) is 9.88. The molecule has 0 aliphatic carbocycles. The van der Waals surface area contributed by atoms with Crippen molar-refractivity contribution in [2.24, 2.45) is 0 Å². The first-order valence-corrected chi connectivity index (χ1v) is 7.31. The van der Waals surface area contributed by atoms with Crippen LogP contribution in [0.2, 0.25) is 0 Å². The number of nitrogens with zero attached hydrogens (tertiary/aromatic N) is 1. The molecule has 100 valence electrons. The standard InChI is InChI=1S/C12H18N2O3S/c1-3-12(15)7-14(8-12)18(16,17)11-5-4-9(2)6-10(11)13/h4-6,15H,3,7-8,13H2,1-2H3. The van der Waals surface area contributed by atoms with Crippen molar-refractivity contribution in [1.29, 1.82) is 0 Å². The van der Waals surface area contributed by atoms with E-state index in [0.717, 1.165) is 5.56 Å². The fourth-order valence-corrected chi connectivity index (χ4v) is 3.74. The second-order valence-corrected chi connectivity index (χ2v) is 6.80. The Labute approximate surface area is 107 Å². The van der Waals surface area contributed by atoms with Gasteiger partial charge in [0.1, 0.15) is 4.90 Å². The van der Waals surface area contributed by atoms with Gasteiger partial charge in [-0.2, -0.15) is 4.31 Å². The number of benzene rings is 1. The third-order valence-electron chi connectivity index (χ3n) is 3.38. The fraction of sp³-hybridized carbons (Fsp3) is 0.500. The molecule has 18 heavy (non-hydrogen) atoms. The highest BCUT2D eigenvalue weighted by atomic mass is 32.2. The van der Waals surface area contributed by atoms with Gasteiger partial charge in [-0.15, -0.1) is 0 Å². The number of rotatable bonds is 3. The summed E-state index contributed by atoms with van der Waals surface area (Å²) < 4.78 is 25.8. The van der Waals surface area contributed by atoms with Crippen LogP contribution in [0.1, 0.15) is 18.9 Å². The van der Waals surface area contributed by atoms with Crippen LogP contribution >= 0.6 is 0 Å². The van der Waals surface area contributed by atoms with Gasteiger partial charge < -0.3 is 10.8 Å². The van der Waals surface area contributed by atoms with E-state index >= 15 is 0 Å². The molecule has 0 bridgehead atoms. The first kappa shape index (κ1) is 13.3. The number of aryl methyl sites for hydroxylation is 1. The highest BCUT2D eigenvalue weighted by Crippen LogP contribution is 2.32. The number of β-amino-alcohol motifs (C(OH)–C–C–N with tert-alkyl or cyclic N) is 1. The highest BCUT2D eigenvalue weighted by molar-refractivity contribution is 7.89. The van der Waals surface area contributed by atoms with Crippen LogP contribution in [0, 0.1) is 6.92 Å². The van der Waals surface area contributed by atoms with E-state index < -0.39 is 15.6 Å². The molecule has 1 aromatic rings. The van der Waals surface area contributed by atoms with Crippen LogP contribution in [0.3, 0.4) is 0 Å². The van der Waals surface area contributed by atoms with Crippen molar-refractivity contribution in [3.05, 3.63) is 23.8 Å². The summed E-state index contributed by atoms with van der Waals surface area (Å²) in [4.78, 5) is 0.117. The molecule has 0 amide bonds. The number of sulfonamides is 1. The summed E-state index contributed by atoms with van der Waals surface area (Å²) in [7, 11) is -3.58. The quantitative estimate of drug-likeness (QED) is 0.793. The van der Waals surface area contributed by atoms with E-state index in [-0.39, 0.29) is 23.7 Å². The molecule has 1 aliphatic rings. The average molecular weight is 270 g/mol. The van der Waals surface area contributed by atoms with Crippen LogP contribution in [0.25, 0.3) is 0 Å². The summed E-state index contributed by atoms with van der Waals surface area (Å²) in [5.74, 6) is 0. The molecule has 0 aromatic heterocycles. The lowest BCUT2D eigenvalue weighted by Gasteiger charge is -2.44. The van der Waals surface area contributed by atoms with Crippen molar-refractivity contribution < 1.29 is 13.5 Å². The van der Waals surface area contributed by atoms with Gasteiger partial charge in [0.2, 0.25) is 10.0 Å². The van der Waals surface area contributed by atoms with Crippen LogP contribution < -0.4 is 5.73 Å². The maximum atomic E-state index is 12.3. The minimum atomic E-state index is -3.58. The monoisotopic (exact) mass is 270 g/mol. The number of nitrogens with two attached hydrogens (primary N) is 1. The van der Waals surface area contributed by atoms with Crippen molar-refractivity contribution in [3.63, 3.8) is 0 Å². The Bertz CT molecular complexity index is 563. The molecule has 1 aromatic carbocycles. The van der Waals surface area contributed by atoms with Gasteiger partial charge in [0.05, 0.1) is 11.3 Å². The molecule has 6 heteroatoms. The van der Waals surface area contributed by atoms with Crippen molar-refractivity contribution in [1.82, 2.24) is 4.31 Å². The third kappa shape index (κ3) is 2.11. The zero-order valence-electron chi connectivity index (χ0n) is 10.5. The molecule has 2 rings (SSSR count). The number of hydrogen-bond acceptors (Lipinski definition) is 4. The zero-order valence-corrected chi connectivity index (χ0v) is 11.4. The average Bonchev–Trinajstić information content (AvgIpc) is 2.24. The lowest BCUT2D eigenvalue weighted by atomic mass is 9.94. The minimum absolute atomic E-state index is 0.117. The van der Waals surface area contributed by atoms with E-state index in [0.29, 0.717) is 6.42 Å². The summed E-state index contributed by atoms with van der Waals surface area (Å²) in [6.07, 6.45) is 0.544. The van der Waals surface area contributed by atoms with Crippen molar-refractivity contribution >= 4 is 15.7 Å². The van der Waals surface area contributed by atoms with Gasteiger partial charge in [0.25, 0.3) is 0 Å². The van der Waals surface area contributed by atoms with Crippen molar-refractivity contribution in [2.45, 2.75) is 30.8 Å². The van der Waals surface area contributed by atoms with E-state index in [2.05, 4.69) is 0 Å². The van der Waals surface area contributed by atoms with E-state index in [1.54, 1.807) is 12.1 Å². The van der Waals surface area contributed by atoms with Crippen LogP contribution in [-0.2, 0) is 10.0 Å². The Morgan fingerprint density at radius 1 is 1.44 bits per heavy atom. The van der Waals surface area contributed by atoms with Gasteiger partial charge in [0, 0.05) is 13.1 Å². The molecule has 0 atom stereocenters. The first-order chi connectivity index (χ1) is 8.28. The van der Waals surface area contributed by atoms with Crippen LogP contribution in [-0.4, -0.2) is 36.5 Å². The molecule has 0 unspecified atom stereocenters. The first-order valence-electron chi connectivity index (χ1n) is 5.87. The molecule has 5 nitrogen and oxygen atoms in total. The summed E-state index contributed by atoms with van der Waals surface area (Å²) >= 11 is 0. The Morgan fingerprint density at radius 3 is 2.56 bits per heavy atom. The Morgan fingerprint density at radius 2 is 2.06 bits per heavy atom.